The average molecular weight is 245 g/mol. The summed E-state index contributed by atoms with van der Waals surface area (Å²) in [7, 11) is 0. The van der Waals surface area contributed by atoms with Crippen LogP contribution in [0.25, 0.3) is 5.53 Å². The third-order valence-electron chi connectivity index (χ3n) is 2.51. The van der Waals surface area contributed by atoms with Gasteiger partial charge < -0.3 is 10.4 Å². The molecule has 0 radical (unpaired) electrons. The molecule has 0 spiro atoms. The molecule has 0 aliphatic rings. The highest BCUT2D eigenvalue weighted by Crippen LogP contribution is 2.16. The third kappa shape index (κ3) is 2.90. The first-order valence-corrected chi connectivity index (χ1v) is 5.62. The fraction of sp³-hybridized carbons (Fsp3) is 0.308. The van der Waals surface area contributed by atoms with Gasteiger partial charge >= 0.3 is 11.6 Å². The Hall–Kier alpha value is -2.26. The Morgan fingerprint density at radius 1 is 1.39 bits per heavy atom. The van der Waals surface area contributed by atoms with Crippen LogP contribution in [0.15, 0.2) is 24.3 Å². The number of benzene rings is 1. The molecule has 0 saturated heterocycles. The first-order valence-electron chi connectivity index (χ1n) is 5.62. The molecule has 0 fully saturated rings. The average Bonchev–Trinajstić information content (AvgIpc) is 2.30. The molecule has 1 aromatic rings. The Bertz CT molecular complexity index is 531. The van der Waals surface area contributed by atoms with Crippen molar-refractivity contribution in [2.45, 2.75) is 20.8 Å². The number of Topliss-reactive ketones (excluding diaryl/α,β-unsaturated/α-hetero) is 1. The van der Waals surface area contributed by atoms with E-state index in [-0.39, 0.29) is 0 Å². The number of amides is 1. The molecule has 0 bridgehead atoms. The number of anilines is 1. The summed E-state index contributed by atoms with van der Waals surface area (Å²) in [5.41, 5.74) is 9.95. The van der Waals surface area contributed by atoms with Crippen molar-refractivity contribution in [1.29, 1.82) is 0 Å². The number of aryl methyl sites for hydroxylation is 1. The summed E-state index contributed by atoms with van der Waals surface area (Å²) in [6, 6.07) is 7.33. The Morgan fingerprint density at radius 3 is 2.50 bits per heavy atom. The molecule has 0 heterocycles. The van der Waals surface area contributed by atoms with Crippen molar-refractivity contribution in [2.75, 3.05) is 11.4 Å². The van der Waals surface area contributed by atoms with Gasteiger partial charge in [0.25, 0.3) is 0 Å². The highest BCUT2D eigenvalue weighted by atomic mass is 16.2. The minimum absolute atomic E-state index is 0.384. The minimum atomic E-state index is -0.599. The van der Waals surface area contributed by atoms with Crippen LogP contribution in [0.1, 0.15) is 19.4 Å². The second-order valence-corrected chi connectivity index (χ2v) is 3.89. The SMILES string of the molecule is CCN(C(=O)C(=[N+]=[N-])C(C)=O)c1cccc(C)c1. The zero-order chi connectivity index (χ0) is 13.7. The summed E-state index contributed by atoms with van der Waals surface area (Å²) in [4.78, 5) is 27.4. The van der Waals surface area contributed by atoms with Crippen LogP contribution >= 0.6 is 0 Å². The summed E-state index contributed by atoms with van der Waals surface area (Å²) in [6.45, 7) is 5.27. The van der Waals surface area contributed by atoms with E-state index in [0.29, 0.717) is 12.2 Å². The number of rotatable bonds is 4. The topological polar surface area (TPSA) is 73.8 Å². The molecule has 1 amide bonds. The van der Waals surface area contributed by atoms with Gasteiger partial charge in [-0.25, -0.2) is 0 Å². The summed E-state index contributed by atoms with van der Waals surface area (Å²) in [5.74, 6) is -1.16. The first-order chi connectivity index (χ1) is 8.51. The van der Waals surface area contributed by atoms with Gasteiger partial charge in [0.1, 0.15) is 0 Å². The Balaban J connectivity index is 3.15. The molecule has 0 saturated carbocycles. The third-order valence-corrected chi connectivity index (χ3v) is 2.51. The summed E-state index contributed by atoms with van der Waals surface area (Å²) < 4.78 is 0. The maximum atomic E-state index is 12.1. The molecular formula is C13H15N3O2. The van der Waals surface area contributed by atoms with E-state index in [1.807, 2.05) is 25.1 Å². The summed E-state index contributed by atoms with van der Waals surface area (Å²) >= 11 is 0. The van der Waals surface area contributed by atoms with E-state index in [0.717, 1.165) is 5.56 Å². The van der Waals surface area contributed by atoms with Crippen LogP contribution in [0, 0.1) is 6.92 Å². The fourth-order valence-electron chi connectivity index (χ4n) is 1.63. The van der Waals surface area contributed by atoms with Crippen LogP contribution in [-0.4, -0.2) is 28.7 Å². The van der Waals surface area contributed by atoms with Gasteiger partial charge in [0.2, 0.25) is 5.78 Å². The van der Waals surface area contributed by atoms with E-state index < -0.39 is 17.4 Å². The van der Waals surface area contributed by atoms with Gasteiger partial charge in [0, 0.05) is 19.2 Å². The van der Waals surface area contributed by atoms with Crippen LogP contribution in [-0.2, 0) is 9.59 Å². The molecule has 5 heteroatoms. The molecule has 0 aromatic heterocycles. The molecule has 1 aromatic carbocycles. The Morgan fingerprint density at radius 2 is 2.06 bits per heavy atom. The maximum absolute atomic E-state index is 12.1. The van der Waals surface area contributed by atoms with Crippen molar-refractivity contribution >= 4 is 23.1 Å². The van der Waals surface area contributed by atoms with Crippen molar-refractivity contribution in [3.8, 4) is 0 Å². The van der Waals surface area contributed by atoms with Crippen molar-refractivity contribution < 1.29 is 14.4 Å². The van der Waals surface area contributed by atoms with Crippen LogP contribution in [0.2, 0.25) is 0 Å². The number of nitrogens with zero attached hydrogens (tertiary/aromatic N) is 3. The van der Waals surface area contributed by atoms with Crippen molar-refractivity contribution in [3.05, 3.63) is 35.4 Å². The summed E-state index contributed by atoms with van der Waals surface area (Å²) in [6.07, 6.45) is 0. The van der Waals surface area contributed by atoms with Crippen LogP contribution in [0.4, 0.5) is 5.69 Å². The number of ketones is 1. The molecule has 0 unspecified atom stereocenters. The van der Waals surface area contributed by atoms with E-state index in [2.05, 4.69) is 4.79 Å². The van der Waals surface area contributed by atoms with E-state index in [1.54, 1.807) is 13.0 Å². The van der Waals surface area contributed by atoms with Crippen LogP contribution in [0.3, 0.4) is 0 Å². The van der Waals surface area contributed by atoms with E-state index in [4.69, 9.17) is 5.53 Å². The number of hydrogen-bond donors (Lipinski definition) is 0. The van der Waals surface area contributed by atoms with E-state index >= 15 is 0 Å². The maximum Gasteiger partial charge on any atom is 0.421 e. The zero-order valence-corrected chi connectivity index (χ0v) is 10.7. The minimum Gasteiger partial charge on any atom is -0.360 e. The van der Waals surface area contributed by atoms with E-state index in [1.165, 1.54) is 11.8 Å². The van der Waals surface area contributed by atoms with E-state index in [9.17, 15) is 9.59 Å². The van der Waals surface area contributed by atoms with Crippen LogP contribution < -0.4 is 4.90 Å². The zero-order valence-electron chi connectivity index (χ0n) is 10.7. The smallest absolute Gasteiger partial charge is 0.360 e. The second kappa shape index (κ2) is 5.89. The van der Waals surface area contributed by atoms with Gasteiger partial charge in [-0.2, -0.15) is 4.79 Å². The van der Waals surface area contributed by atoms with Crippen LogP contribution in [0.5, 0.6) is 0 Å². The van der Waals surface area contributed by atoms with Crippen molar-refractivity contribution in [3.63, 3.8) is 0 Å². The second-order valence-electron chi connectivity index (χ2n) is 3.89. The van der Waals surface area contributed by atoms with Gasteiger partial charge in [-0.05, 0) is 31.5 Å². The highest BCUT2D eigenvalue weighted by Gasteiger charge is 2.30. The molecule has 0 aliphatic heterocycles. The molecule has 18 heavy (non-hydrogen) atoms. The van der Waals surface area contributed by atoms with Gasteiger partial charge in [0.15, 0.2) is 0 Å². The van der Waals surface area contributed by atoms with Gasteiger partial charge in [0.05, 0.1) is 0 Å². The van der Waals surface area contributed by atoms with Gasteiger partial charge in [-0.15, -0.1) is 0 Å². The van der Waals surface area contributed by atoms with Gasteiger partial charge in [-0.3, -0.25) is 9.59 Å². The quantitative estimate of drug-likeness (QED) is 0.350. The number of hydrogen-bond acceptors (Lipinski definition) is 2. The normalized spacial score (nSPS) is 9.50. The first kappa shape index (κ1) is 13.8. The molecular weight excluding hydrogens is 230 g/mol. The lowest BCUT2D eigenvalue weighted by Gasteiger charge is -2.18. The molecule has 0 N–H and O–H groups in total. The Kier molecular flexibility index (Phi) is 4.52. The molecule has 5 nitrogen and oxygen atoms in total. The number of carbonyl (C=O) groups excluding carboxylic acids is 2. The molecule has 0 aliphatic carbocycles. The molecule has 94 valence electrons. The summed E-state index contributed by atoms with van der Waals surface area (Å²) in [5, 5.41) is 0. The predicted molar refractivity (Wildman–Crippen MR) is 68.5 cm³/mol. The lowest BCUT2D eigenvalue weighted by molar-refractivity contribution is -0.122. The largest absolute Gasteiger partial charge is 0.421 e. The van der Waals surface area contributed by atoms with Crippen molar-refractivity contribution in [2.24, 2.45) is 0 Å². The Labute approximate surface area is 106 Å². The monoisotopic (exact) mass is 245 g/mol. The number of carbonyl (C=O) groups is 2. The standard InChI is InChI=1S/C13H15N3O2/c1-4-16(11-7-5-6-9(2)8-11)13(18)12(15-14)10(3)17/h5-8H,4H2,1-3H3. The molecule has 1 rings (SSSR count). The fourth-order valence-corrected chi connectivity index (χ4v) is 1.63. The van der Waals surface area contributed by atoms with Crippen molar-refractivity contribution in [1.82, 2.24) is 0 Å². The van der Waals surface area contributed by atoms with Gasteiger partial charge in [-0.1, -0.05) is 12.1 Å². The highest BCUT2D eigenvalue weighted by molar-refractivity contribution is 6.65. The lowest BCUT2D eigenvalue weighted by atomic mass is 10.1. The lowest BCUT2D eigenvalue weighted by Crippen LogP contribution is -2.40. The molecule has 0 atom stereocenters. The predicted octanol–water partition coefficient (Wildman–Crippen LogP) is 1.61.